The van der Waals surface area contributed by atoms with Gasteiger partial charge in [-0.15, -0.1) is 0 Å². The third kappa shape index (κ3) is 8.64. The highest BCUT2D eigenvalue weighted by atomic mass is 14.8. The molecule has 55 heavy (non-hydrogen) atoms. The molecule has 0 saturated heterocycles. The Morgan fingerprint density at radius 3 is 1.60 bits per heavy atom. The summed E-state index contributed by atoms with van der Waals surface area (Å²) in [7, 11) is 0. The maximum Gasteiger partial charge on any atom is 0.0694 e. The number of rotatable bonds is 10. The lowest BCUT2D eigenvalue weighted by Gasteiger charge is -2.30. The summed E-state index contributed by atoms with van der Waals surface area (Å²) in [4.78, 5) is 19.2. The van der Waals surface area contributed by atoms with E-state index in [0.29, 0.717) is 17.8 Å². The monoisotopic (exact) mass is 741 g/mol. The third-order valence-electron chi connectivity index (χ3n) is 14.6. The number of hydrogen-bond acceptors (Lipinski definition) is 2. The van der Waals surface area contributed by atoms with Crippen LogP contribution in [-0.4, -0.2) is 19.9 Å². The van der Waals surface area contributed by atoms with Gasteiger partial charge in [0, 0.05) is 44.3 Å². The standard InChI is InChI=1S/C51H72N4/c1-8-16-35(10-3)37-19-14-23-39(24-15-20-37)51-46-30-29-44(54-46)49(34(7)9-2)43-27-25-41(52-43)40(11-4)42-26-28-45(53-42)50(47-31-32-48(51)55-47)38-21-12-17-36(33(5)6)18-13-22-38/h25-39,52,54H,8-24H2,1-7H3. The van der Waals surface area contributed by atoms with E-state index in [1.165, 1.54) is 146 Å². The van der Waals surface area contributed by atoms with Crippen molar-refractivity contribution in [2.45, 2.75) is 175 Å². The largest absolute Gasteiger partial charge is 0.355 e. The Kier molecular flexibility index (Phi) is 13.2. The fourth-order valence-electron chi connectivity index (χ4n) is 11.2. The first kappa shape index (κ1) is 39.8. The fraction of sp³-hybridized carbons (Fsp3) is 0.608. The molecule has 2 atom stereocenters. The summed E-state index contributed by atoms with van der Waals surface area (Å²) in [6.45, 7) is 16.6. The van der Waals surface area contributed by atoms with Crippen molar-refractivity contribution in [3.8, 4) is 0 Å². The molecule has 7 rings (SSSR count). The lowest BCUT2D eigenvalue weighted by Crippen LogP contribution is -2.17. The number of aromatic nitrogens is 4. The number of fused-ring (bicyclic) bond motifs is 8. The zero-order valence-corrected chi connectivity index (χ0v) is 35.6. The Hall–Kier alpha value is -3.40. The predicted molar refractivity (Wildman–Crippen MR) is 238 cm³/mol. The fourth-order valence-corrected chi connectivity index (χ4v) is 11.2. The average Bonchev–Trinajstić information content (AvgIpc) is 3.99. The SMILES string of the molecule is CCCC(CC)C1CCCC(c2c3nc(c(C4CCCC(C(C)C)CCC4)c4nc(c(CC)c5ccc([nH]5)c(C(C)CC)c5ccc2[nH]5)C=C4)C=C3)CCC1. The number of aromatic amines is 2. The van der Waals surface area contributed by atoms with Crippen LogP contribution in [0.3, 0.4) is 0 Å². The molecule has 2 saturated carbocycles. The number of H-pyrrole nitrogens is 2. The van der Waals surface area contributed by atoms with E-state index in [2.05, 4.69) is 107 Å². The summed E-state index contributed by atoms with van der Waals surface area (Å²) >= 11 is 0. The quantitative estimate of drug-likeness (QED) is 0.150. The van der Waals surface area contributed by atoms with E-state index < -0.39 is 0 Å². The molecule has 296 valence electrons. The zero-order chi connectivity index (χ0) is 38.5. The maximum absolute atomic E-state index is 5.72. The summed E-state index contributed by atoms with van der Waals surface area (Å²) in [6, 6.07) is 9.36. The summed E-state index contributed by atoms with van der Waals surface area (Å²) in [5.41, 5.74) is 15.0. The molecular weight excluding hydrogens is 669 g/mol. The lowest BCUT2D eigenvalue weighted by atomic mass is 9.75. The highest BCUT2D eigenvalue weighted by molar-refractivity contribution is 5.84. The van der Waals surface area contributed by atoms with Crippen LogP contribution in [0.5, 0.6) is 0 Å². The van der Waals surface area contributed by atoms with Crippen molar-refractivity contribution in [3.63, 3.8) is 0 Å². The van der Waals surface area contributed by atoms with Gasteiger partial charge in [0.15, 0.2) is 0 Å². The minimum atomic E-state index is 0.405. The predicted octanol–water partition coefficient (Wildman–Crippen LogP) is 15.3. The first-order valence-electron chi connectivity index (χ1n) is 23.0. The molecule has 2 N–H and O–H groups in total. The van der Waals surface area contributed by atoms with E-state index in [0.717, 1.165) is 53.6 Å². The Labute approximate surface area is 333 Å². The van der Waals surface area contributed by atoms with E-state index in [4.69, 9.17) is 9.97 Å². The molecule has 2 unspecified atom stereocenters. The molecule has 2 fully saturated rings. The van der Waals surface area contributed by atoms with E-state index in [1.807, 2.05) is 0 Å². The van der Waals surface area contributed by atoms with E-state index >= 15 is 0 Å². The van der Waals surface area contributed by atoms with Gasteiger partial charge in [-0.3, -0.25) is 0 Å². The van der Waals surface area contributed by atoms with Crippen LogP contribution in [0.4, 0.5) is 0 Å². The zero-order valence-electron chi connectivity index (χ0n) is 35.6. The van der Waals surface area contributed by atoms with Gasteiger partial charge in [-0.25, -0.2) is 9.97 Å². The molecule has 0 amide bonds. The van der Waals surface area contributed by atoms with Gasteiger partial charge in [-0.2, -0.15) is 0 Å². The van der Waals surface area contributed by atoms with Crippen LogP contribution in [0.15, 0.2) is 24.3 Å². The molecule has 4 aliphatic rings. The van der Waals surface area contributed by atoms with Crippen molar-refractivity contribution in [1.82, 2.24) is 19.9 Å². The summed E-state index contributed by atoms with van der Waals surface area (Å²) in [5, 5.41) is 0. The normalized spacial score (nSPS) is 23.3. The summed E-state index contributed by atoms with van der Waals surface area (Å²) in [6.07, 6.45) is 30.9. The van der Waals surface area contributed by atoms with Gasteiger partial charge in [0.25, 0.3) is 0 Å². The van der Waals surface area contributed by atoms with Gasteiger partial charge in [0.2, 0.25) is 0 Å². The maximum atomic E-state index is 5.72. The van der Waals surface area contributed by atoms with Gasteiger partial charge in [0.1, 0.15) is 0 Å². The molecule has 0 aromatic carbocycles. The molecule has 8 bridgehead atoms. The Morgan fingerprint density at radius 2 is 1.05 bits per heavy atom. The van der Waals surface area contributed by atoms with Gasteiger partial charge >= 0.3 is 0 Å². The number of nitrogens with zero attached hydrogens (tertiary/aromatic N) is 2. The molecule has 0 radical (unpaired) electrons. The second-order valence-electron chi connectivity index (χ2n) is 18.2. The smallest absolute Gasteiger partial charge is 0.0694 e. The van der Waals surface area contributed by atoms with Crippen LogP contribution in [0.25, 0.3) is 46.4 Å². The highest BCUT2D eigenvalue weighted by Gasteiger charge is 2.28. The molecule has 2 aliphatic carbocycles. The molecule has 4 nitrogen and oxygen atoms in total. The van der Waals surface area contributed by atoms with Crippen molar-refractivity contribution in [3.05, 3.63) is 69.3 Å². The van der Waals surface area contributed by atoms with Crippen molar-refractivity contribution in [2.24, 2.45) is 23.7 Å². The molecule has 3 aromatic rings. The topological polar surface area (TPSA) is 57.4 Å². The summed E-state index contributed by atoms with van der Waals surface area (Å²) < 4.78 is 0. The van der Waals surface area contributed by atoms with Gasteiger partial charge in [0.05, 0.1) is 22.8 Å². The van der Waals surface area contributed by atoms with Crippen molar-refractivity contribution >= 4 is 46.4 Å². The second kappa shape index (κ2) is 18.2. The van der Waals surface area contributed by atoms with E-state index in [1.54, 1.807) is 0 Å². The molecular formula is C51H72N4. The van der Waals surface area contributed by atoms with Gasteiger partial charge < -0.3 is 9.97 Å². The van der Waals surface area contributed by atoms with Crippen LogP contribution in [0, 0.1) is 23.7 Å². The van der Waals surface area contributed by atoms with Gasteiger partial charge in [-0.1, -0.05) is 119 Å². The first-order valence-corrected chi connectivity index (χ1v) is 23.0. The minimum Gasteiger partial charge on any atom is -0.355 e. The number of hydrogen-bond donors (Lipinski definition) is 2. The molecule has 2 aliphatic heterocycles. The molecule has 4 heteroatoms. The van der Waals surface area contributed by atoms with E-state index in [-0.39, 0.29) is 0 Å². The molecule has 5 heterocycles. The number of aryl methyl sites for hydroxylation is 1. The van der Waals surface area contributed by atoms with Crippen LogP contribution in [-0.2, 0) is 6.42 Å². The Bertz CT molecular complexity index is 1970. The second-order valence-corrected chi connectivity index (χ2v) is 18.2. The van der Waals surface area contributed by atoms with Crippen LogP contribution >= 0.6 is 0 Å². The van der Waals surface area contributed by atoms with Crippen molar-refractivity contribution in [1.29, 1.82) is 0 Å². The van der Waals surface area contributed by atoms with Crippen LogP contribution in [0.2, 0.25) is 0 Å². The van der Waals surface area contributed by atoms with Crippen molar-refractivity contribution in [2.75, 3.05) is 0 Å². The molecule has 3 aromatic heterocycles. The van der Waals surface area contributed by atoms with Gasteiger partial charge in [-0.05, 0) is 129 Å². The first-order chi connectivity index (χ1) is 26.8. The number of nitrogens with one attached hydrogen (secondary N) is 2. The van der Waals surface area contributed by atoms with E-state index in [9.17, 15) is 0 Å². The lowest BCUT2D eigenvalue weighted by molar-refractivity contribution is 0.238. The summed E-state index contributed by atoms with van der Waals surface area (Å²) in [5.74, 6) is 4.76. The average molecular weight is 741 g/mol. The third-order valence-corrected chi connectivity index (χ3v) is 14.6. The Morgan fingerprint density at radius 1 is 0.564 bits per heavy atom. The van der Waals surface area contributed by atoms with Crippen molar-refractivity contribution < 1.29 is 0 Å². The minimum absolute atomic E-state index is 0.405. The highest BCUT2D eigenvalue weighted by Crippen LogP contribution is 2.43. The Balaban J connectivity index is 1.44. The van der Waals surface area contributed by atoms with Crippen LogP contribution in [0.1, 0.15) is 214 Å². The van der Waals surface area contributed by atoms with Crippen LogP contribution < -0.4 is 0 Å². The molecule has 0 spiro atoms.